The second-order valence-electron chi connectivity index (χ2n) is 9.23. The molecule has 0 aromatic carbocycles. The molecule has 27 heavy (non-hydrogen) atoms. The molecule has 1 fully saturated rings. The third kappa shape index (κ3) is 5.02. The summed E-state index contributed by atoms with van der Waals surface area (Å²) in [7, 11) is 0. The van der Waals surface area contributed by atoms with Gasteiger partial charge in [0.25, 0.3) is 0 Å². The van der Waals surface area contributed by atoms with Gasteiger partial charge in [0.2, 0.25) is 0 Å². The standard InChI is InChI=1S/C20H31NO6/c1-18(2,3)27-17(26)21-10-6-14(7-11-21)12-20(16(24)25)9-5-8-19(4,13-20)15(22)23/h5,9,14H,6-8,10-13H2,1-4H3,(H,22,23)(H,24,25). The Hall–Kier alpha value is -2.05. The van der Waals surface area contributed by atoms with E-state index in [1.54, 1.807) is 24.0 Å². The average molecular weight is 381 g/mol. The average Bonchev–Trinajstić information content (AvgIpc) is 2.53. The minimum Gasteiger partial charge on any atom is -0.481 e. The number of ether oxygens (including phenoxy) is 1. The number of rotatable bonds is 4. The second kappa shape index (κ2) is 7.52. The molecule has 1 saturated heterocycles. The Morgan fingerprint density at radius 1 is 1.15 bits per heavy atom. The van der Waals surface area contributed by atoms with Crippen LogP contribution in [0.2, 0.25) is 0 Å². The molecule has 0 aromatic rings. The van der Waals surface area contributed by atoms with Gasteiger partial charge in [-0.25, -0.2) is 4.79 Å². The lowest BCUT2D eigenvalue weighted by Crippen LogP contribution is -2.45. The van der Waals surface area contributed by atoms with Gasteiger partial charge in [0, 0.05) is 13.1 Å². The molecule has 0 saturated carbocycles. The van der Waals surface area contributed by atoms with Gasteiger partial charge in [0.05, 0.1) is 10.8 Å². The highest BCUT2D eigenvalue weighted by Gasteiger charge is 2.49. The molecule has 152 valence electrons. The quantitative estimate of drug-likeness (QED) is 0.722. The number of carbonyl (C=O) groups excluding carboxylic acids is 1. The summed E-state index contributed by atoms with van der Waals surface area (Å²) in [4.78, 5) is 37.5. The van der Waals surface area contributed by atoms with Crippen molar-refractivity contribution in [2.24, 2.45) is 16.7 Å². The van der Waals surface area contributed by atoms with Crippen molar-refractivity contribution in [2.75, 3.05) is 13.1 Å². The predicted octanol–water partition coefficient (Wildman–Crippen LogP) is 3.54. The Balaban J connectivity index is 2.03. The predicted molar refractivity (Wildman–Crippen MR) is 99.3 cm³/mol. The summed E-state index contributed by atoms with van der Waals surface area (Å²) >= 11 is 0. The van der Waals surface area contributed by atoms with Crippen LogP contribution in [0.5, 0.6) is 0 Å². The van der Waals surface area contributed by atoms with E-state index in [0.29, 0.717) is 38.8 Å². The Kier molecular flexibility index (Phi) is 5.92. The molecule has 2 aliphatic rings. The molecule has 7 nitrogen and oxygen atoms in total. The molecule has 1 aliphatic carbocycles. The van der Waals surface area contributed by atoms with E-state index in [-0.39, 0.29) is 18.4 Å². The van der Waals surface area contributed by atoms with E-state index >= 15 is 0 Å². The SMILES string of the molecule is CC(C)(C)OC(=O)N1CCC(CC2(C(=O)O)C=CCC(C)(C(=O)O)C2)CC1. The van der Waals surface area contributed by atoms with Crippen LogP contribution >= 0.6 is 0 Å². The molecule has 2 unspecified atom stereocenters. The lowest BCUT2D eigenvalue weighted by Gasteiger charge is -2.41. The van der Waals surface area contributed by atoms with Crippen molar-refractivity contribution in [2.45, 2.75) is 65.4 Å². The zero-order valence-electron chi connectivity index (χ0n) is 16.7. The van der Waals surface area contributed by atoms with Gasteiger partial charge >= 0.3 is 18.0 Å². The minimum atomic E-state index is -1.16. The molecule has 2 atom stereocenters. The second-order valence-corrected chi connectivity index (χ2v) is 9.23. The van der Waals surface area contributed by atoms with Crippen molar-refractivity contribution in [3.05, 3.63) is 12.2 Å². The van der Waals surface area contributed by atoms with E-state index in [4.69, 9.17) is 4.74 Å². The number of piperidine rings is 1. The number of hydrogen-bond donors (Lipinski definition) is 2. The Bertz CT molecular complexity index is 629. The Morgan fingerprint density at radius 3 is 2.22 bits per heavy atom. The molecule has 2 N–H and O–H groups in total. The normalized spacial score (nSPS) is 29.4. The molecular formula is C20H31NO6. The number of carboxylic acid groups (broad SMARTS) is 2. The Labute approximate surface area is 160 Å². The van der Waals surface area contributed by atoms with Crippen molar-refractivity contribution < 1.29 is 29.3 Å². The fourth-order valence-corrected chi connectivity index (χ4v) is 4.07. The molecule has 0 radical (unpaired) electrons. The number of aliphatic carboxylic acids is 2. The van der Waals surface area contributed by atoms with Gasteiger partial charge in [0.1, 0.15) is 5.60 Å². The summed E-state index contributed by atoms with van der Waals surface area (Å²) in [6.07, 6.45) is 5.23. The first-order valence-corrected chi connectivity index (χ1v) is 9.49. The molecule has 7 heteroatoms. The van der Waals surface area contributed by atoms with Crippen LogP contribution in [0.4, 0.5) is 4.79 Å². The van der Waals surface area contributed by atoms with Crippen LogP contribution in [0, 0.1) is 16.7 Å². The summed E-state index contributed by atoms with van der Waals surface area (Å²) < 4.78 is 5.39. The highest BCUT2D eigenvalue weighted by atomic mass is 16.6. The van der Waals surface area contributed by atoms with Gasteiger partial charge in [-0.3, -0.25) is 9.59 Å². The van der Waals surface area contributed by atoms with Gasteiger partial charge in [-0.05, 0) is 65.7 Å². The molecule has 0 spiro atoms. The van der Waals surface area contributed by atoms with E-state index < -0.39 is 28.4 Å². The molecule has 1 heterocycles. The molecule has 1 aliphatic heterocycles. The van der Waals surface area contributed by atoms with Gasteiger partial charge in [-0.2, -0.15) is 0 Å². The zero-order chi connectivity index (χ0) is 20.5. The van der Waals surface area contributed by atoms with E-state index in [1.807, 2.05) is 20.8 Å². The third-order valence-corrected chi connectivity index (χ3v) is 5.57. The smallest absolute Gasteiger partial charge is 0.410 e. The van der Waals surface area contributed by atoms with Crippen LogP contribution in [0.3, 0.4) is 0 Å². The minimum absolute atomic E-state index is 0.0907. The number of allylic oxidation sites excluding steroid dienone is 1. The monoisotopic (exact) mass is 381 g/mol. The summed E-state index contributed by atoms with van der Waals surface area (Å²) in [5.41, 5.74) is -2.77. The van der Waals surface area contributed by atoms with E-state index in [0.717, 1.165) is 0 Å². The highest BCUT2D eigenvalue weighted by molar-refractivity contribution is 5.81. The number of likely N-dealkylation sites (tertiary alicyclic amines) is 1. The summed E-state index contributed by atoms with van der Waals surface area (Å²) in [5.74, 6) is -1.81. The van der Waals surface area contributed by atoms with Gasteiger partial charge in [-0.1, -0.05) is 12.2 Å². The van der Waals surface area contributed by atoms with Crippen LogP contribution in [-0.2, 0) is 14.3 Å². The van der Waals surface area contributed by atoms with E-state index in [1.165, 1.54) is 0 Å². The van der Waals surface area contributed by atoms with Crippen molar-refractivity contribution in [3.8, 4) is 0 Å². The van der Waals surface area contributed by atoms with Crippen LogP contribution in [-0.4, -0.2) is 51.8 Å². The first kappa shape index (κ1) is 21.3. The fourth-order valence-electron chi connectivity index (χ4n) is 4.07. The first-order chi connectivity index (χ1) is 12.4. The van der Waals surface area contributed by atoms with Gasteiger partial charge in [-0.15, -0.1) is 0 Å². The van der Waals surface area contributed by atoms with Crippen molar-refractivity contribution >= 4 is 18.0 Å². The first-order valence-electron chi connectivity index (χ1n) is 9.49. The lowest BCUT2D eigenvalue weighted by atomic mass is 9.62. The number of carboxylic acids is 2. The number of hydrogen-bond acceptors (Lipinski definition) is 4. The highest BCUT2D eigenvalue weighted by Crippen LogP contribution is 2.47. The molecule has 0 bridgehead atoms. The van der Waals surface area contributed by atoms with Crippen LogP contribution in [0.25, 0.3) is 0 Å². The van der Waals surface area contributed by atoms with Gasteiger partial charge < -0.3 is 19.8 Å². The molecular weight excluding hydrogens is 350 g/mol. The maximum absolute atomic E-state index is 12.2. The maximum atomic E-state index is 12.2. The van der Waals surface area contributed by atoms with E-state index in [9.17, 15) is 24.6 Å². The van der Waals surface area contributed by atoms with Crippen LogP contribution in [0.15, 0.2) is 12.2 Å². The van der Waals surface area contributed by atoms with Crippen molar-refractivity contribution in [1.29, 1.82) is 0 Å². The molecule has 0 aromatic heterocycles. The number of amides is 1. The van der Waals surface area contributed by atoms with Crippen LogP contribution in [0.1, 0.15) is 59.8 Å². The molecule has 1 amide bonds. The maximum Gasteiger partial charge on any atom is 0.410 e. The summed E-state index contributed by atoms with van der Waals surface area (Å²) in [5, 5.41) is 19.4. The summed E-state index contributed by atoms with van der Waals surface area (Å²) in [6.45, 7) is 8.13. The topological polar surface area (TPSA) is 104 Å². The Morgan fingerprint density at radius 2 is 1.74 bits per heavy atom. The van der Waals surface area contributed by atoms with Crippen molar-refractivity contribution in [1.82, 2.24) is 4.90 Å². The molecule has 2 rings (SSSR count). The third-order valence-electron chi connectivity index (χ3n) is 5.57. The summed E-state index contributed by atoms with van der Waals surface area (Å²) in [6, 6.07) is 0. The van der Waals surface area contributed by atoms with E-state index in [2.05, 4.69) is 0 Å². The lowest BCUT2D eigenvalue weighted by molar-refractivity contribution is -0.156. The van der Waals surface area contributed by atoms with Crippen molar-refractivity contribution in [3.63, 3.8) is 0 Å². The van der Waals surface area contributed by atoms with Crippen LogP contribution < -0.4 is 0 Å². The number of nitrogens with zero attached hydrogens (tertiary/aromatic N) is 1. The van der Waals surface area contributed by atoms with Gasteiger partial charge in [0.15, 0.2) is 0 Å². The fraction of sp³-hybridized carbons (Fsp3) is 0.750. The largest absolute Gasteiger partial charge is 0.481 e. The zero-order valence-corrected chi connectivity index (χ0v) is 16.7. The number of carbonyl (C=O) groups is 3.